The van der Waals surface area contributed by atoms with Gasteiger partial charge in [0.25, 0.3) is 0 Å². The highest BCUT2D eigenvalue weighted by molar-refractivity contribution is 8.24. The normalized spacial score (nSPS) is 13.0. The lowest BCUT2D eigenvalue weighted by Gasteiger charge is -2.22. The molecule has 34 heavy (non-hydrogen) atoms. The first-order chi connectivity index (χ1) is 16.2. The molecule has 1 aromatic heterocycles. The van der Waals surface area contributed by atoms with Crippen molar-refractivity contribution in [2.45, 2.75) is 78.6 Å². The van der Waals surface area contributed by atoms with Crippen LogP contribution in [0.1, 0.15) is 76.5 Å². The fourth-order valence-electron chi connectivity index (χ4n) is 4.03. The smallest absolute Gasteiger partial charge is 0.146 e. The topological polar surface area (TPSA) is 50.9 Å². The zero-order valence-corrected chi connectivity index (χ0v) is 23.2. The summed E-state index contributed by atoms with van der Waals surface area (Å²) in [6.07, 6.45) is 7.43. The van der Waals surface area contributed by atoms with Crippen LogP contribution in [0.5, 0.6) is 5.75 Å². The number of aromatic hydroxyl groups is 1. The molecule has 1 N–H and O–H groups in total. The molecule has 1 unspecified atom stereocenters. The van der Waals surface area contributed by atoms with E-state index in [1.807, 2.05) is 25.1 Å². The minimum Gasteiger partial charge on any atom is -0.505 e. The first-order valence-electron chi connectivity index (χ1n) is 12.4. The monoisotopic (exact) mass is 499 g/mol. The van der Waals surface area contributed by atoms with Crippen molar-refractivity contribution in [2.75, 3.05) is 16.6 Å². The molecule has 3 rings (SSSR count). The number of rotatable bonds is 12. The highest BCUT2D eigenvalue weighted by Gasteiger charge is 2.22. The van der Waals surface area contributed by atoms with Crippen LogP contribution >= 0.6 is 22.2 Å². The molecule has 0 fully saturated rings. The lowest BCUT2D eigenvalue weighted by molar-refractivity contribution is 0.440. The predicted octanol–water partition coefficient (Wildman–Crippen LogP) is 7.64. The SMILES string of the molecule is C=S(CCCCC)CSCCCCc1ccc2nn(-c3cc(C)cc(C(C)(C)C)c3O)nc2c1. The van der Waals surface area contributed by atoms with Gasteiger partial charge in [0.1, 0.15) is 22.5 Å². The van der Waals surface area contributed by atoms with Gasteiger partial charge >= 0.3 is 0 Å². The summed E-state index contributed by atoms with van der Waals surface area (Å²) in [4.78, 5) is 1.58. The number of fused-ring (bicyclic) bond motifs is 1. The van der Waals surface area contributed by atoms with Gasteiger partial charge in [-0.3, -0.25) is 0 Å². The van der Waals surface area contributed by atoms with E-state index in [-0.39, 0.29) is 11.2 Å². The van der Waals surface area contributed by atoms with Gasteiger partial charge in [-0.1, -0.05) is 58.5 Å². The van der Waals surface area contributed by atoms with Gasteiger partial charge in [0.05, 0.1) is 0 Å². The Morgan fingerprint density at radius 1 is 1.03 bits per heavy atom. The third kappa shape index (κ3) is 7.35. The number of nitrogens with zero attached hydrogens (tertiary/aromatic N) is 3. The second kappa shape index (κ2) is 12.3. The van der Waals surface area contributed by atoms with E-state index in [1.54, 1.807) is 4.80 Å². The molecule has 0 radical (unpaired) electrons. The summed E-state index contributed by atoms with van der Waals surface area (Å²) in [5, 5.41) is 21.5. The highest BCUT2D eigenvalue weighted by atomic mass is 32.2. The van der Waals surface area contributed by atoms with Crippen LogP contribution in [-0.2, 0) is 11.8 Å². The fourth-order valence-corrected chi connectivity index (χ4v) is 6.94. The second-order valence-corrected chi connectivity index (χ2v) is 13.6. The highest BCUT2D eigenvalue weighted by Crippen LogP contribution is 2.36. The number of aryl methyl sites for hydroxylation is 2. The molecule has 1 atom stereocenters. The molecule has 186 valence electrons. The van der Waals surface area contributed by atoms with Crippen LogP contribution in [-0.4, -0.2) is 42.6 Å². The summed E-state index contributed by atoms with van der Waals surface area (Å²) in [6.45, 7) is 10.6. The Labute approximate surface area is 212 Å². The average molecular weight is 500 g/mol. The maximum absolute atomic E-state index is 11.0. The molecule has 0 bridgehead atoms. The quantitative estimate of drug-likeness (QED) is 0.205. The van der Waals surface area contributed by atoms with Gasteiger partial charge in [-0.15, -0.1) is 15.0 Å². The molecule has 2 aromatic carbocycles. The summed E-state index contributed by atoms with van der Waals surface area (Å²) in [5.41, 5.74) is 5.50. The Morgan fingerprint density at radius 3 is 2.53 bits per heavy atom. The van der Waals surface area contributed by atoms with Gasteiger partial charge in [0, 0.05) is 10.6 Å². The lowest BCUT2D eigenvalue weighted by atomic mass is 9.85. The molecule has 0 aliphatic rings. The summed E-state index contributed by atoms with van der Waals surface area (Å²) in [5.74, 6) is 7.09. The Hall–Kier alpha value is -1.79. The average Bonchev–Trinajstić information content (AvgIpc) is 3.20. The van der Waals surface area contributed by atoms with Crippen LogP contribution < -0.4 is 0 Å². The van der Waals surface area contributed by atoms with E-state index in [9.17, 15) is 5.11 Å². The van der Waals surface area contributed by atoms with Gasteiger partial charge < -0.3 is 5.11 Å². The molecule has 0 amide bonds. The molecule has 4 nitrogen and oxygen atoms in total. The van der Waals surface area contributed by atoms with Crippen molar-refractivity contribution in [3.8, 4) is 11.4 Å². The number of aromatic nitrogens is 3. The third-order valence-corrected chi connectivity index (χ3v) is 9.44. The molecule has 0 aliphatic carbocycles. The lowest BCUT2D eigenvalue weighted by Crippen LogP contribution is -2.13. The predicted molar refractivity (Wildman–Crippen MR) is 153 cm³/mol. The minimum atomic E-state index is -0.160. The summed E-state index contributed by atoms with van der Waals surface area (Å²) in [7, 11) is 0.325. The number of phenolic OH excluding ortho intramolecular Hbond substituents is 1. The van der Waals surface area contributed by atoms with Crippen molar-refractivity contribution < 1.29 is 5.11 Å². The van der Waals surface area contributed by atoms with Crippen molar-refractivity contribution in [1.29, 1.82) is 0 Å². The van der Waals surface area contributed by atoms with E-state index in [0.717, 1.165) is 28.6 Å². The number of hydrogen-bond donors (Lipinski definition) is 1. The Kier molecular flexibility index (Phi) is 9.66. The van der Waals surface area contributed by atoms with E-state index < -0.39 is 0 Å². The third-order valence-electron chi connectivity index (χ3n) is 5.99. The van der Waals surface area contributed by atoms with Gasteiger partial charge in [-0.2, -0.15) is 22.2 Å². The molecule has 0 saturated heterocycles. The van der Waals surface area contributed by atoms with E-state index in [0.29, 0.717) is 16.2 Å². The first kappa shape index (κ1) is 26.8. The van der Waals surface area contributed by atoms with E-state index in [4.69, 9.17) is 5.10 Å². The summed E-state index contributed by atoms with van der Waals surface area (Å²) < 4.78 is 0. The van der Waals surface area contributed by atoms with Crippen LogP contribution in [0.2, 0.25) is 0 Å². The van der Waals surface area contributed by atoms with Crippen LogP contribution in [0, 0.1) is 6.92 Å². The van der Waals surface area contributed by atoms with Gasteiger partial charge in [-0.25, -0.2) is 0 Å². The van der Waals surface area contributed by atoms with Crippen molar-refractivity contribution in [3.63, 3.8) is 0 Å². The van der Waals surface area contributed by atoms with E-state index in [1.165, 1.54) is 54.3 Å². The second-order valence-electron chi connectivity index (χ2n) is 10.2. The molecule has 3 aromatic rings. The number of hydrogen-bond acceptors (Lipinski definition) is 4. The molecular formula is C28H41N3OS2. The number of thioether (sulfide) groups is 1. The minimum absolute atomic E-state index is 0.160. The van der Waals surface area contributed by atoms with E-state index in [2.05, 4.69) is 62.6 Å². The standard InChI is InChI=1S/C28H41N3OS2/c1-7-8-11-16-34(6)20-33-15-10-9-12-22-13-14-24-25(19-22)30-31(29-24)26-18-21(2)17-23(27(26)32)28(3,4)5/h13-14,17-19,32H,6-12,15-16,20H2,1-5H3. The summed E-state index contributed by atoms with van der Waals surface area (Å²) in [6, 6.07) is 10.3. The van der Waals surface area contributed by atoms with Gasteiger partial charge in [0.2, 0.25) is 0 Å². The van der Waals surface area contributed by atoms with Crippen LogP contribution in [0.25, 0.3) is 16.7 Å². The number of benzene rings is 2. The summed E-state index contributed by atoms with van der Waals surface area (Å²) >= 11 is 2.06. The molecule has 1 heterocycles. The van der Waals surface area contributed by atoms with Crippen molar-refractivity contribution >= 4 is 39.1 Å². The largest absolute Gasteiger partial charge is 0.505 e. The first-order valence-corrected chi connectivity index (χ1v) is 15.3. The fraction of sp³-hybridized carbons (Fsp3) is 0.536. The van der Waals surface area contributed by atoms with Gasteiger partial charge in [0.15, 0.2) is 0 Å². The molecule has 0 saturated carbocycles. The molecule has 6 heteroatoms. The van der Waals surface area contributed by atoms with Crippen LogP contribution in [0.4, 0.5) is 0 Å². The number of phenols is 1. The Balaban J connectivity index is 1.58. The molecular weight excluding hydrogens is 458 g/mol. The Bertz CT molecular complexity index is 1110. The van der Waals surface area contributed by atoms with Crippen molar-refractivity contribution in [2.24, 2.45) is 0 Å². The number of unbranched alkanes of at least 4 members (excludes halogenated alkanes) is 3. The zero-order valence-electron chi connectivity index (χ0n) is 21.6. The van der Waals surface area contributed by atoms with Crippen LogP contribution in [0.15, 0.2) is 30.3 Å². The van der Waals surface area contributed by atoms with Crippen molar-refractivity contribution in [1.82, 2.24) is 15.0 Å². The maximum Gasteiger partial charge on any atom is 0.146 e. The molecule has 0 aliphatic heterocycles. The maximum atomic E-state index is 11.0. The van der Waals surface area contributed by atoms with Gasteiger partial charge in [-0.05, 0) is 78.9 Å². The molecule has 0 spiro atoms. The Morgan fingerprint density at radius 2 is 1.79 bits per heavy atom. The zero-order chi connectivity index (χ0) is 24.7. The van der Waals surface area contributed by atoms with Crippen molar-refractivity contribution in [3.05, 3.63) is 47.0 Å². The van der Waals surface area contributed by atoms with Crippen LogP contribution in [0.3, 0.4) is 0 Å². The van der Waals surface area contributed by atoms with E-state index >= 15 is 0 Å².